The first kappa shape index (κ1) is 15.0. The zero-order valence-corrected chi connectivity index (χ0v) is 11.4. The fourth-order valence-electron chi connectivity index (χ4n) is 1.78. The molecule has 0 spiro atoms. The van der Waals surface area contributed by atoms with Crippen molar-refractivity contribution in [3.8, 4) is 11.5 Å². The number of ketones is 1. The van der Waals surface area contributed by atoms with E-state index in [0.29, 0.717) is 24.2 Å². The molecule has 0 fully saturated rings. The summed E-state index contributed by atoms with van der Waals surface area (Å²) in [4.78, 5) is 11.9. The Morgan fingerprint density at radius 2 is 1.71 bits per heavy atom. The van der Waals surface area contributed by atoms with E-state index < -0.39 is 17.4 Å². The number of hydrogen-bond donors (Lipinski definition) is 0. The summed E-state index contributed by atoms with van der Waals surface area (Å²) in [5.74, 6) is -1.30. The molecule has 0 saturated heterocycles. The first-order valence-corrected chi connectivity index (χ1v) is 6.44. The lowest BCUT2D eigenvalue weighted by atomic mass is 10.1. The molecule has 0 bridgehead atoms. The van der Waals surface area contributed by atoms with Gasteiger partial charge in [0.15, 0.2) is 18.1 Å². The third-order valence-electron chi connectivity index (χ3n) is 2.74. The van der Waals surface area contributed by atoms with E-state index in [1.165, 1.54) is 0 Å². The van der Waals surface area contributed by atoms with E-state index in [-0.39, 0.29) is 12.2 Å². The van der Waals surface area contributed by atoms with Crippen LogP contribution in [0.1, 0.15) is 17.3 Å². The van der Waals surface area contributed by atoms with Crippen LogP contribution in [-0.4, -0.2) is 19.0 Å². The first-order valence-electron chi connectivity index (χ1n) is 6.44. The Morgan fingerprint density at radius 3 is 2.33 bits per heavy atom. The summed E-state index contributed by atoms with van der Waals surface area (Å²) in [5.41, 5.74) is -0.203. The highest BCUT2D eigenvalue weighted by Crippen LogP contribution is 2.26. The number of para-hydroxylation sites is 2. The second-order valence-electron chi connectivity index (χ2n) is 4.22. The Bertz CT molecular complexity index is 641. The summed E-state index contributed by atoms with van der Waals surface area (Å²) in [7, 11) is 0. The second kappa shape index (κ2) is 6.83. The zero-order valence-electron chi connectivity index (χ0n) is 11.4. The summed E-state index contributed by atoms with van der Waals surface area (Å²) < 4.78 is 37.0. The third-order valence-corrected chi connectivity index (χ3v) is 2.74. The van der Waals surface area contributed by atoms with Gasteiger partial charge in [0, 0.05) is 6.07 Å². The van der Waals surface area contributed by atoms with Crippen LogP contribution in [-0.2, 0) is 0 Å². The number of halogens is 2. The van der Waals surface area contributed by atoms with E-state index in [1.807, 2.05) is 6.92 Å². The maximum absolute atomic E-state index is 13.5. The van der Waals surface area contributed by atoms with Gasteiger partial charge in [0.2, 0.25) is 5.78 Å². The Labute approximate surface area is 121 Å². The number of Topliss-reactive ketones (excluding diaryl/α,β-unsaturated/α-hetero) is 1. The molecule has 5 heteroatoms. The highest BCUT2D eigenvalue weighted by molar-refractivity contribution is 5.97. The molecule has 2 rings (SSSR count). The zero-order chi connectivity index (χ0) is 15.2. The van der Waals surface area contributed by atoms with E-state index in [1.54, 1.807) is 24.3 Å². The van der Waals surface area contributed by atoms with E-state index in [4.69, 9.17) is 9.47 Å². The molecule has 0 amide bonds. The Balaban J connectivity index is 2.07. The molecular weight excluding hydrogens is 278 g/mol. The van der Waals surface area contributed by atoms with Crippen LogP contribution in [0, 0.1) is 11.6 Å². The van der Waals surface area contributed by atoms with Gasteiger partial charge in [0.25, 0.3) is 0 Å². The van der Waals surface area contributed by atoms with E-state index in [9.17, 15) is 13.6 Å². The topological polar surface area (TPSA) is 35.5 Å². The largest absolute Gasteiger partial charge is 0.490 e. The van der Waals surface area contributed by atoms with Crippen LogP contribution >= 0.6 is 0 Å². The van der Waals surface area contributed by atoms with Gasteiger partial charge in [0.05, 0.1) is 12.2 Å². The third kappa shape index (κ3) is 3.78. The summed E-state index contributed by atoms with van der Waals surface area (Å²) >= 11 is 0. The predicted octanol–water partition coefficient (Wildman–Crippen LogP) is 3.63. The van der Waals surface area contributed by atoms with Crippen LogP contribution in [0.25, 0.3) is 0 Å². The Hall–Kier alpha value is -2.43. The minimum Gasteiger partial charge on any atom is -0.490 e. The van der Waals surface area contributed by atoms with Crippen molar-refractivity contribution >= 4 is 5.78 Å². The quantitative estimate of drug-likeness (QED) is 0.763. The van der Waals surface area contributed by atoms with Crippen molar-refractivity contribution < 1.29 is 23.0 Å². The Morgan fingerprint density at radius 1 is 1.05 bits per heavy atom. The molecule has 0 aliphatic heterocycles. The number of carbonyl (C=O) groups excluding carboxylic acids is 1. The molecular formula is C16H14F2O3. The standard InChI is InChI=1S/C16H14F2O3/c1-2-20-15-5-3-4-6-16(15)21-10-14(19)12-8-7-11(17)9-13(12)18/h3-9H,2,10H2,1H3. The van der Waals surface area contributed by atoms with Gasteiger partial charge in [-0.05, 0) is 31.2 Å². The lowest BCUT2D eigenvalue weighted by Crippen LogP contribution is -2.14. The SMILES string of the molecule is CCOc1ccccc1OCC(=O)c1ccc(F)cc1F. The van der Waals surface area contributed by atoms with Crippen LogP contribution < -0.4 is 9.47 Å². The average molecular weight is 292 g/mol. The second-order valence-corrected chi connectivity index (χ2v) is 4.22. The number of carbonyl (C=O) groups is 1. The van der Waals surface area contributed by atoms with Gasteiger partial charge >= 0.3 is 0 Å². The van der Waals surface area contributed by atoms with E-state index >= 15 is 0 Å². The number of benzene rings is 2. The number of ether oxygens (including phenoxy) is 2. The van der Waals surface area contributed by atoms with E-state index in [0.717, 1.165) is 12.1 Å². The van der Waals surface area contributed by atoms with Crippen molar-refractivity contribution in [1.29, 1.82) is 0 Å². The molecule has 0 atom stereocenters. The van der Waals surface area contributed by atoms with Gasteiger partial charge in [-0.25, -0.2) is 8.78 Å². The molecule has 0 aliphatic carbocycles. The van der Waals surface area contributed by atoms with Gasteiger partial charge in [-0.1, -0.05) is 12.1 Å². The normalized spacial score (nSPS) is 10.2. The average Bonchev–Trinajstić information content (AvgIpc) is 2.46. The van der Waals surface area contributed by atoms with Crippen molar-refractivity contribution in [1.82, 2.24) is 0 Å². The van der Waals surface area contributed by atoms with Crippen LogP contribution in [0.3, 0.4) is 0 Å². The van der Waals surface area contributed by atoms with Crippen LogP contribution in [0.15, 0.2) is 42.5 Å². The molecule has 0 heterocycles. The van der Waals surface area contributed by atoms with Gasteiger partial charge in [0.1, 0.15) is 11.6 Å². The minimum absolute atomic E-state index is 0.203. The number of hydrogen-bond acceptors (Lipinski definition) is 3. The summed E-state index contributed by atoms with van der Waals surface area (Å²) in [6.45, 7) is 1.93. The molecule has 2 aromatic carbocycles. The van der Waals surface area contributed by atoms with Gasteiger partial charge in [-0.15, -0.1) is 0 Å². The molecule has 0 N–H and O–H groups in total. The fourth-order valence-corrected chi connectivity index (χ4v) is 1.78. The van der Waals surface area contributed by atoms with Crippen LogP contribution in [0.2, 0.25) is 0 Å². The summed E-state index contributed by atoms with van der Waals surface area (Å²) in [6.07, 6.45) is 0. The lowest BCUT2D eigenvalue weighted by molar-refractivity contribution is 0.0915. The van der Waals surface area contributed by atoms with Crippen molar-refractivity contribution in [3.63, 3.8) is 0 Å². The van der Waals surface area contributed by atoms with Gasteiger partial charge in [-0.3, -0.25) is 4.79 Å². The minimum atomic E-state index is -0.901. The van der Waals surface area contributed by atoms with Crippen molar-refractivity contribution in [3.05, 3.63) is 59.7 Å². The van der Waals surface area contributed by atoms with Crippen LogP contribution in [0.5, 0.6) is 11.5 Å². The van der Waals surface area contributed by atoms with Gasteiger partial charge < -0.3 is 9.47 Å². The predicted molar refractivity (Wildman–Crippen MR) is 73.8 cm³/mol. The molecule has 0 unspecified atom stereocenters. The van der Waals surface area contributed by atoms with Gasteiger partial charge in [-0.2, -0.15) is 0 Å². The molecule has 0 radical (unpaired) electrons. The number of rotatable bonds is 6. The van der Waals surface area contributed by atoms with Crippen molar-refractivity contribution in [2.45, 2.75) is 6.92 Å². The highest BCUT2D eigenvalue weighted by Gasteiger charge is 2.14. The monoisotopic (exact) mass is 292 g/mol. The molecule has 0 aliphatic rings. The van der Waals surface area contributed by atoms with Crippen molar-refractivity contribution in [2.24, 2.45) is 0 Å². The smallest absolute Gasteiger partial charge is 0.203 e. The summed E-state index contributed by atoms with van der Waals surface area (Å²) in [6, 6.07) is 9.68. The Kier molecular flexibility index (Phi) is 4.87. The first-order chi connectivity index (χ1) is 10.1. The fraction of sp³-hybridized carbons (Fsp3) is 0.188. The molecule has 21 heavy (non-hydrogen) atoms. The molecule has 110 valence electrons. The lowest BCUT2D eigenvalue weighted by Gasteiger charge is -2.11. The van der Waals surface area contributed by atoms with E-state index in [2.05, 4.69) is 0 Å². The molecule has 3 nitrogen and oxygen atoms in total. The van der Waals surface area contributed by atoms with Crippen LogP contribution in [0.4, 0.5) is 8.78 Å². The highest BCUT2D eigenvalue weighted by atomic mass is 19.1. The maximum atomic E-state index is 13.5. The summed E-state index contributed by atoms with van der Waals surface area (Å²) in [5, 5.41) is 0. The molecule has 0 aromatic heterocycles. The maximum Gasteiger partial charge on any atom is 0.203 e. The molecule has 2 aromatic rings. The molecule has 0 saturated carbocycles. The van der Waals surface area contributed by atoms with Crippen molar-refractivity contribution in [2.75, 3.05) is 13.2 Å².